The molecule has 7 nitrogen and oxygen atoms in total. The molecule has 7 heteroatoms. The molecule has 25 heavy (non-hydrogen) atoms. The third-order valence-corrected chi connectivity index (χ3v) is 3.76. The van der Waals surface area contributed by atoms with Crippen molar-refractivity contribution in [3.8, 4) is 11.3 Å². The highest BCUT2D eigenvalue weighted by Gasteiger charge is 2.26. The number of hydrogen-bond acceptors (Lipinski definition) is 6. The van der Waals surface area contributed by atoms with E-state index >= 15 is 0 Å². The van der Waals surface area contributed by atoms with E-state index in [1.165, 1.54) is 13.2 Å². The predicted octanol–water partition coefficient (Wildman–Crippen LogP) is 3.08. The van der Waals surface area contributed by atoms with Crippen molar-refractivity contribution in [1.29, 1.82) is 0 Å². The van der Waals surface area contributed by atoms with Crippen molar-refractivity contribution < 1.29 is 18.9 Å². The predicted molar refractivity (Wildman–Crippen MR) is 90.3 cm³/mol. The van der Waals surface area contributed by atoms with Crippen LogP contribution in [0.3, 0.4) is 0 Å². The van der Waals surface area contributed by atoms with Crippen LogP contribution in [0.1, 0.15) is 5.56 Å². The number of benzene rings is 2. The Bertz CT molecular complexity index is 1020. The molecular weight excluding hydrogens is 326 g/mol. The lowest BCUT2D eigenvalue weighted by Gasteiger charge is -2.08. The van der Waals surface area contributed by atoms with Crippen molar-refractivity contribution in [3.05, 3.63) is 74.4 Å². The molecule has 1 heterocycles. The fourth-order valence-corrected chi connectivity index (χ4v) is 2.58. The number of para-hydroxylation sites is 1. The maximum atomic E-state index is 12.7. The van der Waals surface area contributed by atoms with Gasteiger partial charge in [0, 0.05) is 11.1 Å². The van der Waals surface area contributed by atoms with Gasteiger partial charge in [-0.15, -0.1) is 0 Å². The van der Waals surface area contributed by atoms with E-state index in [1.54, 1.807) is 42.5 Å². The third kappa shape index (κ3) is 2.99. The van der Waals surface area contributed by atoms with Gasteiger partial charge in [-0.1, -0.05) is 42.5 Å². The van der Waals surface area contributed by atoms with Crippen molar-refractivity contribution in [2.45, 2.75) is 6.42 Å². The number of ether oxygens (including phenoxy) is 1. The van der Waals surface area contributed by atoms with Crippen LogP contribution in [-0.2, 0) is 16.0 Å². The van der Waals surface area contributed by atoms with Gasteiger partial charge in [0.15, 0.2) is 0 Å². The number of esters is 1. The first-order valence-electron chi connectivity index (χ1n) is 7.38. The Morgan fingerprint density at radius 1 is 1.16 bits per heavy atom. The molecule has 0 aliphatic rings. The van der Waals surface area contributed by atoms with E-state index in [0.29, 0.717) is 11.1 Å². The summed E-state index contributed by atoms with van der Waals surface area (Å²) in [6, 6.07) is 12.9. The maximum Gasteiger partial charge on any atom is 0.359 e. The summed E-state index contributed by atoms with van der Waals surface area (Å²) in [5.41, 5.74) is -0.414. The van der Waals surface area contributed by atoms with E-state index in [-0.39, 0.29) is 23.2 Å². The summed E-state index contributed by atoms with van der Waals surface area (Å²) < 4.78 is 10.4. The minimum atomic E-state index is -0.753. The van der Waals surface area contributed by atoms with Gasteiger partial charge in [0.05, 0.1) is 23.8 Å². The van der Waals surface area contributed by atoms with Gasteiger partial charge < -0.3 is 9.15 Å². The third-order valence-electron chi connectivity index (χ3n) is 3.76. The molecule has 0 amide bonds. The van der Waals surface area contributed by atoms with Crippen molar-refractivity contribution in [2.24, 2.45) is 0 Å². The number of methoxy groups -OCH3 is 1. The molecule has 0 atom stereocenters. The summed E-state index contributed by atoms with van der Waals surface area (Å²) in [4.78, 5) is 34.9. The molecular formula is C18H13NO6. The quantitative estimate of drug-likeness (QED) is 0.411. The Kier molecular flexibility index (Phi) is 4.30. The summed E-state index contributed by atoms with van der Waals surface area (Å²) >= 11 is 0. The topological polar surface area (TPSA) is 99.7 Å². The second kappa shape index (κ2) is 6.56. The largest absolute Gasteiger partial charge is 0.469 e. The van der Waals surface area contributed by atoms with Gasteiger partial charge in [0.25, 0.3) is 5.43 Å². The average molecular weight is 339 g/mol. The summed E-state index contributed by atoms with van der Waals surface area (Å²) in [6.45, 7) is 0. The molecule has 0 bridgehead atoms. The van der Waals surface area contributed by atoms with E-state index in [4.69, 9.17) is 4.42 Å². The molecule has 0 aliphatic carbocycles. The maximum absolute atomic E-state index is 12.7. The van der Waals surface area contributed by atoms with Crippen molar-refractivity contribution in [3.63, 3.8) is 0 Å². The highest BCUT2D eigenvalue weighted by Crippen LogP contribution is 2.31. The SMILES string of the molecule is COC(=O)Cc1cccc2c(=O)c([N+](=O)[O-])c(-c3ccccc3)oc12. The van der Waals surface area contributed by atoms with Crippen LogP contribution in [0, 0.1) is 10.1 Å². The summed E-state index contributed by atoms with van der Waals surface area (Å²) in [7, 11) is 1.25. The van der Waals surface area contributed by atoms with Crippen LogP contribution in [0.15, 0.2) is 57.7 Å². The van der Waals surface area contributed by atoms with Crippen molar-refractivity contribution in [2.75, 3.05) is 7.11 Å². The van der Waals surface area contributed by atoms with Gasteiger partial charge >= 0.3 is 11.7 Å². The van der Waals surface area contributed by atoms with E-state index in [1.807, 2.05) is 0 Å². The fourth-order valence-electron chi connectivity index (χ4n) is 2.58. The zero-order chi connectivity index (χ0) is 18.0. The molecule has 0 radical (unpaired) electrons. The van der Waals surface area contributed by atoms with Crippen LogP contribution in [-0.4, -0.2) is 18.0 Å². The standard InChI is InChI=1S/C18H13NO6/c1-24-14(20)10-12-8-5-9-13-16(21)15(19(22)23)18(25-17(12)13)11-6-3-2-4-7-11/h2-9H,10H2,1H3. The van der Waals surface area contributed by atoms with Gasteiger partial charge in [-0.05, 0) is 6.07 Å². The molecule has 0 saturated carbocycles. The molecule has 0 unspecified atom stereocenters. The highest BCUT2D eigenvalue weighted by molar-refractivity contribution is 5.88. The van der Waals surface area contributed by atoms with E-state index < -0.39 is 22.0 Å². The van der Waals surface area contributed by atoms with Gasteiger partial charge in [-0.2, -0.15) is 0 Å². The lowest BCUT2D eigenvalue weighted by Crippen LogP contribution is -2.12. The Labute approximate surface area is 141 Å². The Hall–Kier alpha value is -3.48. The second-order valence-electron chi connectivity index (χ2n) is 5.28. The van der Waals surface area contributed by atoms with Crippen LogP contribution in [0.2, 0.25) is 0 Å². The molecule has 0 fully saturated rings. The van der Waals surface area contributed by atoms with Gasteiger partial charge in [-0.3, -0.25) is 19.7 Å². The molecule has 0 saturated heterocycles. The highest BCUT2D eigenvalue weighted by atomic mass is 16.6. The molecule has 1 aromatic heterocycles. The van der Waals surface area contributed by atoms with Crippen LogP contribution in [0.25, 0.3) is 22.3 Å². The molecule has 3 rings (SSSR count). The summed E-state index contributed by atoms with van der Waals surface area (Å²) in [5.74, 6) is -0.643. The van der Waals surface area contributed by atoms with Gasteiger partial charge in [-0.25, -0.2) is 0 Å². The van der Waals surface area contributed by atoms with Crippen molar-refractivity contribution >= 4 is 22.6 Å². The lowest BCUT2D eigenvalue weighted by molar-refractivity contribution is -0.386. The van der Waals surface area contributed by atoms with Crippen LogP contribution in [0.5, 0.6) is 0 Å². The molecule has 0 spiro atoms. The fraction of sp³-hybridized carbons (Fsp3) is 0.111. The average Bonchev–Trinajstić information content (AvgIpc) is 2.62. The number of carbonyl (C=O) groups is 1. The molecule has 3 aromatic rings. The minimum absolute atomic E-state index is 0.0489. The van der Waals surface area contributed by atoms with Crippen LogP contribution >= 0.6 is 0 Å². The molecule has 0 N–H and O–H groups in total. The summed E-state index contributed by atoms with van der Waals surface area (Å²) in [5, 5.41) is 11.5. The summed E-state index contributed by atoms with van der Waals surface area (Å²) in [6.07, 6.45) is -0.108. The number of nitro groups is 1. The second-order valence-corrected chi connectivity index (χ2v) is 5.28. The smallest absolute Gasteiger partial charge is 0.359 e. The zero-order valence-electron chi connectivity index (χ0n) is 13.2. The van der Waals surface area contributed by atoms with Crippen LogP contribution in [0.4, 0.5) is 5.69 Å². The zero-order valence-corrected chi connectivity index (χ0v) is 13.2. The first-order chi connectivity index (χ1) is 12.0. The monoisotopic (exact) mass is 339 g/mol. The first-order valence-corrected chi connectivity index (χ1v) is 7.38. The van der Waals surface area contributed by atoms with Gasteiger partial charge in [0.1, 0.15) is 5.58 Å². The Morgan fingerprint density at radius 2 is 1.88 bits per heavy atom. The number of rotatable bonds is 4. The minimum Gasteiger partial charge on any atom is -0.469 e. The van der Waals surface area contributed by atoms with Crippen molar-refractivity contribution in [1.82, 2.24) is 0 Å². The number of carbonyl (C=O) groups excluding carboxylic acids is 1. The van der Waals surface area contributed by atoms with E-state index in [0.717, 1.165) is 0 Å². The van der Waals surface area contributed by atoms with Crippen LogP contribution < -0.4 is 5.43 Å². The van der Waals surface area contributed by atoms with E-state index in [9.17, 15) is 19.7 Å². The van der Waals surface area contributed by atoms with Gasteiger partial charge in [0.2, 0.25) is 5.76 Å². The lowest BCUT2D eigenvalue weighted by atomic mass is 10.1. The molecule has 0 aliphatic heterocycles. The first kappa shape index (κ1) is 16.4. The van der Waals surface area contributed by atoms with E-state index in [2.05, 4.69) is 4.74 Å². The number of hydrogen-bond donors (Lipinski definition) is 0. The number of fused-ring (bicyclic) bond motifs is 1. The number of nitrogens with zero attached hydrogens (tertiary/aromatic N) is 1. The Morgan fingerprint density at radius 3 is 2.52 bits per heavy atom. The Balaban J connectivity index is 2.36. The molecule has 2 aromatic carbocycles. The molecule has 126 valence electrons. The normalized spacial score (nSPS) is 10.6.